The van der Waals surface area contributed by atoms with E-state index in [1.807, 2.05) is 31.2 Å². The fourth-order valence-electron chi connectivity index (χ4n) is 4.16. The largest absolute Gasteiger partial charge is 0.493 e. The van der Waals surface area contributed by atoms with Crippen LogP contribution in [0.25, 0.3) is 10.8 Å². The number of amides is 2. The molecule has 2 amide bonds. The molecule has 2 N–H and O–H groups in total. The van der Waals surface area contributed by atoms with E-state index in [2.05, 4.69) is 15.6 Å². The summed E-state index contributed by atoms with van der Waals surface area (Å²) in [5.41, 5.74) is 1.14. The average Bonchev–Trinajstić information content (AvgIpc) is 3.32. The van der Waals surface area contributed by atoms with E-state index in [1.54, 1.807) is 30.5 Å². The minimum atomic E-state index is -0.294. The third-order valence-corrected chi connectivity index (χ3v) is 5.73. The second kappa shape index (κ2) is 9.60. The van der Waals surface area contributed by atoms with E-state index in [1.165, 1.54) is 12.8 Å². The third kappa shape index (κ3) is 4.68. The van der Waals surface area contributed by atoms with E-state index in [0.29, 0.717) is 30.3 Å². The molecule has 160 valence electrons. The van der Waals surface area contributed by atoms with Crippen molar-refractivity contribution in [3.05, 3.63) is 66.0 Å². The van der Waals surface area contributed by atoms with Gasteiger partial charge < -0.3 is 15.4 Å². The van der Waals surface area contributed by atoms with E-state index in [0.717, 1.165) is 29.4 Å². The molecule has 4 rings (SSSR count). The predicted octanol–water partition coefficient (Wildman–Crippen LogP) is 4.81. The minimum absolute atomic E-state index is 0.226. The van der Waals surface area contributed by atoms with Crippen molar-refractivity contribution in [2.24, 2.45) is 5.92 Å². The van der Waals surface area contributed by atoms with Gasteiger partial charge in [-0.25, -0.2) is 4.98 Å². The molecule has 1 aromatic heterocycles. The Hall–Kier alpha value is -3.41. The predicted molar refractivity (Wildman–Crippen MR) is 122 cm³/mol. The number of rotatable bonds is 7. The fourth-order valence-corrected chi connectivity index (χ4v) is 4.16. The van der Waals surface area contributed by atoms with Crippen molar-refractivity contribution in [2.45, 2.75) is 32.6 Å². The van der Waals surface area contributed by atoms with Gasteiger partial charge in [0.1, 0.15) is 5.75 Å². The van der Waals surface area contributed by atoms with Crippen LogP contribution in [0.4, 0.5) is 5.69 Å². The maximum absolute atomic E-state index is 13.1. The zero-order valence-corrected chi connectivity index (χ0v) is 17.7. The first-order valence-corrected chi connectivity index (χ1v) is 10.9. The van der Waals surface area contributed by atoms with E-state index in [4.69, 9.17) is 4.74 Å². The first kappa shape index (κ1) is 20.8. The van der Waals surface area contributed by atoms with Crippen LogP contribution in [0.5, 0.6) is 5.75 Å². The minimum Gasteiger partial charge on any atom is -0.493 e. The summed E-state index contributed by atoms with van der Waals surface area (Å²) >= 11 is 0. The molecule has 0 aliphatic heterocycles. The Labute approximate surface area is 182 Å². The van der Waals surface area contributed by atoms with E-state index < -0.39 is 0 Å². The molecule has 0 unspecified atom stereocenters. The molecular formula is C25H27N3O3. The Bertz CT molecular complexity index is 1090. The summed E-state index contributed by atoms with van der Waals surface area (Å²) in [5.74, 6) is 0.709. The van der Waals surface area contributed by atoms with Crippen LogP contribution in [0.1, 0.15) is 53.5 Å². The highest BCUT2D eigenvalue weighted by Crippen LogP contribution is 2.29. The Morgan fingerprint density at radius 1 is 1.00 bits per heavy atom. The number of nitrogens with one attached hydrogen (secondary N) is 2. The number of ether oxygens (including phenoxy) is 1. The number of anilines is 1. The Morgan fingerprint density at radius 3 is 2.55 bits per heavy atom. The van der Waals surface area contributed by atoms with Crippen LogP contribution in [-0.4, -0.2) is 29.9 Å². The molecular weight excluding hydrogens is 390 g/mol. The SMILES string of the molecule is CCOc1ccc(C(=O)Nc2cccnc2C(=O)NCC2CCCC2)c2ccccc12. The van der Waals surface area contributed by atoms with Gasteiger partial charge in [0.05, 0.1) is 12.3 Å². The number of carbonyl (C=O) groups is 2. The second-order valence-electron chi connectivity index (χ2n) is 7.80. The fraction of sp³-hybridized carbons (Fsp3) is 0.320. The number of aromatic nitrogens is 1. The standard InChI is InChI=1S/C25H27N3O3/c1-2-31-22-14-13-20(18-10-5-6-11-19(18)22)24(29)28-21-12-7-15-26-23(21)25(30)27-16-17-8-3-4-9-17/h5-7,10-15,17H,2-4,8-9,16H2,1H3,(H,27,30)(H,28,29). The van der Waals surface area contributed by atoms with Crippen molar-refractivity contribution in [3.8, 4) is 5.75 Å². The molecule has 1 heterocycles. The zero-order chi connectivity index (χ0) is 21.6. The normalized spacial score (nSPS) is 13.8. The Morgan fingerprint density at radius 2 is 1.77 bits per heavy atom. The van der Waals surface area contributed by atoms with Crippen molar-refractivity contribution in [3.63, 3.8) is 0 Å². The Balaban J connectivity index is 1.55. The molecule has 6 heteroatoms. The van der Waals surface area contributed by atoms with Crippen molar-refractivity contribution < 1.29 is 14.3 Å². The molecule has 1 aliphatic carbocycles. The first-order valence-electron chi connectivity index (χ1n) is 10.9. The van der Waals surface area contributed by atoms with E-state index >= 15 is 0 Å². The summed E-state index contributed by atoms with van der Waals surface area (Å²) in [6, 6.07) is 14.6. The number of pyridine rings is 1. The van der Waals surface area contributed by atoms with Crippen LogP contribution in [0, 0.1) is 5.92 Å². The molecule has 1 aliphatic rings. The van der Waals surface area contributed by atoms with Crippen molar-refractivity contribution in [1.82, 2.24) is 10.3 Å². The van der Waals surface area contributed by atoms with Crippen LogP contribution in [-0.2, 0) is 0 Å². The van der Waals surface area contributed by atoms with Gasteiger partial charge in [0.25, 0.3) is 11.8 Å². The van der Waals surface area contributed by atoms with Gasteiger partial charge in [-0.1, -0.05) is 37.1 Å². The van der Waals surface area contributed by atoms with Gasteiger partial charge >= 0.3 is 0 Å². The summed E-state index contributed by atoms with van der Waals surface area (Å²) in [7, 11) is 0. The number of fused-ring (bicyclic) bond motifs is 1. The lowest BCUT2D eigenvalue weighted by Gasteiger charge is -2.14. The zero-order valence-electron chi connectivity index (χ0n) is 17.7. The van der Waals surface area contributed by atoms with Crippen LogP contribution in [0.15, 0.2) is 54.7 Å². The van der Waals surface area contributed by atoms with Crippen LogP contribution in [0.2, 0.25) is 0 Å². The quantitative estimate of drug-likeness (QED) is 0.578. The summed E-state index contributed by atoms with van der Waals surface area (Å²) < 4.78 is 5.70. The lowest BCUT2D eigenvalue weighted by molar-refractivity contribution is 0.0943. The summed E-state index contributed by atoms with van der Waals surface area (Å²) in [5, 5.41) is 7.52. The summed E-state index contributed by atoms with van der Waals surface area (Å²) in [6.45, 7) is 3.12. The molecule has 0 saturated heterocycles. The van der Waals surface area contributed by atoms with Gasteiger partial charge in [-0.15, -0.1) is 0 Å². The smallest absolute Gasteiger partial charge is 0.272 e. The van der Waals surface area contributed by atoms with E-state index in [-0.39, 0.29) is 17.5 Å². The van der Waals surface area contributed by atoms with Crippen molar-refractivity contribution in [2.75, 3.05) is 18.5 Å². The van der Waals surface area contributed by atoms with Gasteiger partial charge in [-0.3, -0.25) is 9.59 Å². The molecule has 1 fully saturated rings. The molecule has 3 aromatic rings. The number of benzene rings is 2. The van der Waals surface area contributed by atoms with Gasteiger partial charge in [-0.05, 0) is 55.3 Å². The maximum Gasteiger partial charge on any atom is 0.272 e. The van der Waals surface area contributed by atoms with E-state index in [9.17, 15) is 9.59 Å². The molecule has 0 spiro atoms. The molecule has 6 nitrogen and oxygen atoms in total. The molecule has 0 radical (unpaired) electrons. The molecule has 1 saturated carbocycles. The van der Waals surface area contributed by atoms with Crippen LogP contribution >= 0.6 is 0 Å². The Kier molecular flexibility index (Phi) is 6.46. The maximum atomic E-state index is 13.1. The average molecular weight is 418 g/mol. The van der Waals surface area contributed by atoms with Gasteiger partial charge in [0, 0.05) is 23.7 Å². The summed E-state index contributed by atoms with van der Waals surface area (Å²) in [4.78, 5) is 30.1. The number of nitrogens with zero attached hydrogens (tertiary/aromatic N) is 1. The molecule has 31 heavy (non-hydrogen) atoms. The number of carbonyl (C=O) groups excluding carboxylic acids is 2. The lowest BCUT2D eigenvalue weighted by Crippen LogP contribution is -2.30. The highest BCUT2D eigenvalue weighted by Gasteiger charge is 2.20. The number of hydrogen-bond acceptors (Lipinski definition) is 4. The van der Waals surface area contributed by atoms with Crippen LogP contribution in [0.3, 0.4) is 0 Å². The van der Waals surface area contributed by atoms with Gasteiger partial charge in [-0.2, -0.15) is 0 Å². The van der Waals surface area contributed by atoms with Gasteiger partial charge in [0.2, 0.25) is 0 Å². The van der Waals surface area contributed by atoms with Gasteiger partial charge in [0.15, 0.2) is 5.69 Å². The molecule has 0 bridgehead atoms. The second-order valence-corrected chi connectivity index (χ2v) is 7.80. The lowest BCUT2D eigenvalue weighted by atomic mass is 10.0. The topological polar surface area (TPSA) is 80.3 Å². The first-order chi connectivity index (χ1) is 15.2. The number of hydrogen-bond donors (Lipinski definition) is 2. The van der Waals surface area contributed by atoms with Crippen molar-refractivity contribution in [1.29, 1.82) is 0 Å². The monoisotopic (exact) mass is 417 g/mol. The van der Waals surface area contributed by atoms with Crippen molar-refractivity contribution >= 4 is 28.3 Å². The highest BCUT2D eigenvalue weighted by molar-refractivity contribution is 6.15. The molecule has 0 atom stereocenters. The third-order valence-electron chi connectivity index (χ3n) is 5.73. The summed E-state index contributed by atoms with van der Waals surface area (Å²) in [6.07, 6.45) is 6.31. The highest BCUT2D eigenvalue weighted by atomic mass is 16.5. The van der Waals surface area contributed by atoms with Crippen LogP contribution < -0.4 is 15.4 Å². The molecule has 2 aromatic carbocycles.